The molecule has 0 aliphatic carbocycles. The summed E-state index contributed by atoms with van der Waals surface area (Å²) < 4.78 is 4.87. The molecule has 1 heterocycles. The van der Waals surface area contributed by atoms with Gasteiger partial charge in [-0.1, -0.05) is 17.2 Å². The van der Waals surface area contributed by atoms with Gasteiger partial charge in [-0.3, -0.25) is 24.5 Å². The number of hydrogen-bond donors (Lipinski definition) is 0. The lowest BCUT2D eigenvalue weighted by atomic mass is 10.1. The minimum absolute atomic E-state index is 0.0359. The van der Waals surface area contributed by atoms with Crippen molar-refractivity contribution >= 4 is 23.7 Å². The van der Waals surface area contributed by atoms with Crippen molar-refractivity contribution in [1.82, 2.24) is 5.06 Å². The number of imide groups is 1. The van der Waals surface area contributed by atoms with E-state index < -0.39 is 29.0 Å². The van der Waals surface area contributed by atoms with Gasteiger partial charge in [-0.2, -0.15) is 0 Å². The third-order valence-corrected chi connectivity index (χ3v) is 3.02. The second-order valence-electron chi connectivity index (χ2n) is 4.50. The Morgan fingerprint density at radius 1 is 1.27 bits per heavy atom. The molecular formula is C13H12N2O7. The van der Waals surface area contributed by atoms with E-state index in [0.717, 1.165) is 0 Å². The van der Waals surface area contributed by atoms with Crippen LogP contribution in [0.25, 0.3) is 0 Å². The summed E-state index contributed by atoms with van der Waals surface area (Å²) in [4.78, 5) is 49.0. The molecule has 9 heteroatoms. The van der Waals surface area contributed by atoms with Crippen molar-refractivity contribution in [2.75, 3.05) is 0 Å². The van der Waals surface area contributed by atoms with E-state index in [0.29, 0.717) is 5.06 Å². The van der Waals surface area contributed by atoms with Crippen molar-refractivity contribution in [3.05, 3.63) is 39.9 Å². The van der Waals surface area contributed by atoms with Gasteiger partial charge in [0.1, 0.15) is 6.10 Å². The number of ether oxygens (including phenoxy) is 1. The van der Waals surface area contributed by atoms with Gasteiger partial charge in [-0.25, -0.2) is 4.79 Å². The Hall–Kier alpha value is -2.97. The lowest BCUT2D eigenvalue weighted by Gasteiger charge is -2.16. The lowest BCUT2D eigenvalue weighted by Crippen LogP contribution is -2.32. The van der Waals surface area contributed by atoms with Crippen molar-refractivity contribution < 1.29 is 28.9 Å². The minimum Gasteiger partial charge on any atom is -0.425 e. The maximum Gasteiger partial charge on any atom is 0.534 e. The fraction of sp³-hybridized carbons (Fsp3) is 0.308. The average Bonchev–Trinajstić information content (AvgIpc) is 2.79. The summed E-state index contributed by atoms with van der Waals surface area (Å²) in [6, 6.07) is 5.74. The molecule has 1 unspecified atom stereocenters. The van der Waals surface area contributed by atoms with Crippen molar-refractivity contribution in [3.63, 3.8) is 0 Å². The number of rotatable bonds is 4. The summed E-state index contributed by atoms with van der Waals surface area (Å²) in [6.45, 7) is 1.41. The van der Waals surface area contributed by atoms with Crippen molar-refractivity contribution in [1.29, 1.82) is 0 Å². The van der Waals surface area contributed by atoms with Gasteiger partial charge in [0.15, 0.2) is 0 Å². The highest BCUT2D eigenvalue weighted by Crippen LogP contribution is 2.27. The number of nitro groups is 1. The number of carbonyl (C=O) groups is 3. The Balaban J connectivity index is 2.04. The first kappa shape index (κ1) is 15.4. The molecule has 0 saturated carbocycles. The number of nitro benzene ring substituents is 1. The molecule has 1 saturated heterocycles. The first-order valence-corrected chi connectivity index (χ1v) is 6.38. The maximum atomic E-state index is 11.6. The molecule has 1 fully saturated rings. The van der Waals surface area contributed by atoms with Crippen LogP contribution in [0.2, 0.25) is 0 Å². The van der Waals surface area contributed by atoms with Crippen LogP contribution >= 0.6 is 0 Å². The molecule has 1 aliphatic heterocycles. The maximum absolute atomic E-state index is 11.6. The van der Waals surface area contributed by atoms with E-state index in [-0.39, 0.29) is 24.1 Å². The summed E-state index contributed by atoms with van der Waals surface area (Å²) >= 11 is 0. The fourth-order valence-electron chi connectivity index (χ4n) is 1.96. The van der Waals surface area contributed by atoms with E-state index >= 15 is 0 Å². The third-order valence-electron chi connectivity index (χ3n) is 3.02. The highest BCUT2D eigenvalue weighted by molar-refractivity contribution is 6.01. The van der Waals surface area contributed by atoms with Crippen molar-refractivity contribution in [3.8, 4) is 0 Å². The summed E-state index contributed by atoms with van der Waals surface area (Å²) in [5.74, 6) is -1.28. The van der Waals surface area contributed by atoms with Crippen LogP contribution in [0.15, 0.2) is 24.3 Å². The molecule has 9 nitrogen and oxygen atoms in total. The van der Waals surface area contributed by atoms with Crippen LogP contribution in [0, 0.1) is 10.1 Å². The number of hydroxylamine groups is 2. The van der Waals surface area contributed by atoms with E-state index in [1.807, 2.05) is 0 Å². The molecule has 1 aliphatic rings. The average molecular weight is 308 g/mol. The Morgan fingerprint density at radius 2 is 1.86 bits per heavy atom. The quantitative estimate of drug-likeness (QED) is 0.361. The normalized spacial score (nSPS) is 15.6. The van der Waals surface area contributed by atoms with E-state index in [2.05, 4.69) is 4.84 Å². The molecule has 1 atom stereocenters. The van der Waals surface area contributed by atoms with Gasteiger partial charge in [-0.15, -0.1) is 0 Å². The van der Waals surface area contributed by atoms with Crippen molar-refractivity contribution in [2.45, 2.75) is 25.9 Å². The number of amides is 2. The van der Waals surface area contributed by atoms with Crippen LogP contribution in [0.5, 0.6) is 0 Å². The molecule has 0 spiro atoms. The first-order chi connectivity index (χ1) is 10.4. The van der Waals surface area contributed by atoms with Gasteiger partial charge in [0, 0.05) is 18.9 Å². The molecule has 2 amide bonds. The predicted molar refractivity (Wildman–Crippen MR) is 70.2 cm³/mol. The second kappa shape index (κ2) is 6.20. The Morgan fingerprint density at radius 3 is 2.45 bits per heavy atom. The Labute approximate surface area is 124 Å². The third kappa shape index (κ3) is 3.19. The molecule has 0 N–H and O–H groups in total. The van der Waals surface area contributed by atoms with Gasteiger partial charge < -0.3 is 4.74 Å². The fourth-order valence-corrected chi connectivity index (χ4v) is 1.96. The molecule has 0 bridgehead atoms. The minimum atomic E-state index is -1.28. The van der Waals surface area contributed by atoms with Gasteiger partial charge >= 0.3 is 6.16 Å². The lowest BCUT2D eigenvalue weighted by molar-refractivity contribution is -0.386. The molecule has 1 aromatic rings. The van der Waals surface area contributed by atoms with Crippen molar-refractivity contribution in [2.24, 2.45) is 0 Å². The van der Waals surface area contributed by atoms with Crippen LogP contribution in [-0.4, -0.2) is 28.0 Å². The monoisotopic (exact) mass is 308 g/mol. The van der Waals surface area contributed by atoms with Crippen LogP contribution in [0.4, 0.5) is 10.5 Å². The zero-order valence-corrected chi connectivity index (χ0v) is 11.6. The van der Waals surface area contributed by atoms with E-state index in [9.17, 15) is 24.5 Å². The smallest absolute Gasteiger partial charge is 0.425 e. The van der Waals surface area contributed by atoms with E-state index in [1.54, 1.807) is 6.07 Å². The highest BCUT2D eigenvalue weighted by atomic mass is 16.8. The van der Waals surface area contributed by atoms with Crippen LogP contribution < -0.4 is 0 Å². The Kier molecular flexibility index (Phi) is 4.35. The largest absolute Gasteiger partial charge is 0.534 e. The molecule has 22 heavy (non-hydrogen) atoms. The van der Waals surface area contributed by atoms with E-state index in [4.69, 9.17) is 4.74 Å². The molecular weight excluding hydrogens is 296 g/mol. The highest BCUT2D eigenvalue weighted by Gasteiger charge is 2.34. The number of hydrogen-bond acceptors (Lipinski definition) is 7. The van der Waals surface area contributed by atoms with Gasteiger partial charge in [0.25, 0.3) is 17.5 Å². The van der Waals surface area contributed by atoms with Gasteiger partial charge in [0.05, 0.1) is 10.5 Å². The Bertz CT molecular complexity index is 627. The molecule has 0 aromatic heterocycles. The summed E-state index contributed by atoms with van der Waals surface area (Å²) in [5, 5.41) is 11.3. The topological polar surface area (TPSA) is 116 Å². The number of para-hydroxylation sites is 1. The standard InChI is InChI=1S/C13H12N2O7/c1-8(9-4-2-3-5-10(9)15(19)20)21-13(18)22-14-11(16)6-7-12(14)17/h2-5,8H,6-7H2,1H3. The van der Waals surface area contributed by atoms with Crippen LogP contribution in [0.1, 0.15) is 31.4 Å². The zero-order valence-electron chi connectivity index (χ0n) is 11.6. The molecule has 116 valence electrons. The predicted octanol–water partition coefficient (Wildman–Crippen LogP) is 1.87. The summed E-state index contributed by atoms with van der Waals surface area (Å²) in [5.41, 5.74) is -0.0420. The summed E-state index contributed by atoms with van der Waals surface area (Å²) in [7, 11) is 0. The molecule has 1 aromatic carbocycles. The second-order valence-corrected chi connectivity index (χ2v) is 4.50. The number of carbonyl (C=O) groups excluding carboxylic acids is 3. The zero-order chi connectivity index (χ0) is 16.3. The first-order valence-electron chi connectivity index (χ1n) is 6.38. The molecule has 2 rings (SSSR count). The number of benzene rings is 1. The molecule has 0 radical (unpaired) electrons. The van der Waals surface area contributed by atoms with E-state index in [1.165, 1.54) is 25.1 Å². The van der Waals surface area contributed by atoms with Gasteiger partial charge in [0.2, 0.25) is 0 Å². The van der Waals surface area contributed by atoms with Crippen LogP contribution in [-0.2, 0) is 19.2 Å². The van der Waals surface area contributed by atoms with Crippen LogP contribution in [0.3, 0.4) is 0 Å². The summed E-state index contributed by atoms with van der Waals surface area (Å²) in [6.07, 6.45) is -2.34. The van der Waals surface area contributed by atoms with Gasteiger partial charge in [-0.05, 0) is 13.0 Å². The SMILES string of the molecule is CC(OC(=O)ON1C(=O)CCC1=O)c1ccccc1[N+](=O)[O-]. The number of nitrogens with zero attached hydrogens (tertiary/aromatic N) is 2.